The minimum Gasteiger partial charge on any atom is -0.389 e. The van der Waals surface area contributed by atoms with Crippen molar-refractivity contribution in [3.63, 3.8) is 0 Å². The SMILES string of the molecule is CC(C)(O)C(S)c1cccnc1CN. The molecular formula is C10H16N2OS. The average Bonchev–Trinajstić information content (AvgIpc) is 2.15. The third-order valence-corrected chi connectivity index (χ3v) is 2.99. The van der Waals surface area contributed by atoms with Crippen LogP contribution >= 0.6 is 12.6 Å². The molecule has 0 saturated heterocycles. The van der Waals surface area contributed by atoms with E-state index in [0.29, 0.717) is 6.54 Å². The third-order valence-electron chi connectivity index (χ3n) is 2.08. The van der Waals surface area contributed by atoms with E-state index in [4.69, 9.17) is 5.73 Å². The average molecular weight is 212 g/mol. The summed E-state index contributed by atoms with van der Waals surface area (Å²) >= 11 is 4.38. The molecule has 1 aromatic rings. The van der Waals surface area contributed by atoms with Gasteiger partial charge < -0.3 is 10.8 Å². The molecule has 14 heavy (non-hydrogen) atoms. The first-order valence-electron chi connectivity index (χ1n) is 4.51. The Kier molecular flexibility index (Phi) is 3.53. The van der Waals surface area contributed by atoms with Crippen LogP contribution in [0, 0.1) is 0 Å². The number of hydrogen-bond acceptors (Lipinski definition) is 4. The largest absolute Gasteiger partial charge is 0.389 e. The monoisotopic (exact) mass is 212 g/mol. The molecule has 0 aliphatic carbocycles. The molecule has 3 nitrogen and oxygen atoms in total. The van der Waals surface area contributed by atoms with Crippen molar-refractivity contribution in [1.29, 1.82) is 0 Å². The minimum absolute atomic E-state index is 0.269. The summed E-state index contributed by atoms with van der Waals surface area (Å²) in [5.41, 5.74) is 6.36. The fourth-order valence-electron chi connectivity index (χ4n) is 1.25. The smallest absolute Gasteiger partial charge is 0.0748 e. The van der Waals surface area contributed by atoms with Crippen LogP contribution in [0.25, 0.3) is 0 Å². The molecule has 1 atom stereocenters. The first-order chi connectivity index (χ1) is 6.46. The number of nitrogens with zero attached hydrogens (tertiary/aromatic N) is 1. The van der Waals surface area contributed by atoms with E-state index in [1.165, 1.54) is 0 Å². The van der Waals surface area contributed by atoms with E-state index in [9.17, 15) is 5.11 Å². The van der Waals surface area contributed by atoms with Crippen molar-refractivity contribution in [2.24, 2.45) is 5.73 Å². The number of rotatable bonds is 3. The van der Waals surface area contributed by atoms with Crippen molar-refractivity contribution in [1.82, 2.24) is 4.98 Å². The topological polar surface area (TPSA) is 59.1 Å². The van der Waals surface area contributed by atoms with Gasteiger partial charge in [0.2, 0.25) is 0 Å². The van der Waals surface area contributed by atoms with Gasteiger partial charge in [0.15, 0.2) is 0 Å². The van der Waals surface area contributed by atoms with E-state index >= 15 is 0 Å². The van der Waals surface area contributed by atoms with Crippen molar-refractivity contribution in [3.8, 4) is 0 Å². The highest BCUT2D eigenvalue weighted by Crippen LogP contribution is 2.32. The molecule has 1 heterocycles. The van der Waals surface area contributed by atoms with Crippen LogP contribution in [0.15, 0.2) is 18.3 Å². The number of nitrogens with two attached hydrogens (primary N) is 1. The summed E-state index contributed by atoms with van der Waals surface area (Å²) < 4.78 is 0. The van der Waals surface area contributed by atoms with Gasteiger partial charge in [-0.15, -0.1) is 0 Å². The Labute approximate surface area is 89.8 Å². The molecular weight excluding hydrogens is 196 g/mol. The molecule has 1 rings (SSSR count). The van der Waals surface area contributed by atoms with E-state index in [-0.39, 0.29) is 5.25 Å². The number of pyridine rings is 1. The second kappa shape index (κ2) is 4.29. The van der Waals surface area contributed by atoms with E-state index in [2.05, 4.69) is 17.6 Å². The second-order valence-corrected chi connectivity index (χ2v) is 4.32. The Morgan fingerprint density at radius 2 is 2.29 bits per heavy atom. The maximum absolute atomic E-state index is 9.81. The van der Waals surface area contributed by atoms with Gasteiger partial charge in [-0.25, -0.2) is 0 Å². The summed E-state index contributed by atoms with van der Waals surface area (Å²) in [6.45, 7) is 3.80. The zero-order chi connectivity index (χ0) is 10.8. The summed E-state index contributed by atoms with van der Waals surface area (Å²) in [7, 11) is 0. The lowest BCUT2D eigenvalue weighted by Gasteiger charge is -2.26. The molecule has 0 aliphatic heterocycles. The molecule has 1 unspecified atom stereocenters. The second-order valence-electron chi connectivity index (χ2n) is 3.80. The van der Waals surface area contributed by atoms with Gasteiger partial charge in [0, 0.05) is 12.7 Å². The summed E-state index contributed by atoms with van der Waals surface area (Å²) in [4.78, 5) is 4.15. The molecule has 0 radical (unpaired) electrons. The van der Waals surface area contributed by atoms with Crippen molar-refractivity contribution in [2.75, 3.05) is 0 Å². The lowest BCUT2D eigenvalue weighted by molar-refractivity contribution is 0.0779. The quantitative estimate of drug-likeness (QED) is 0.662. The summed E-state index contributed by atoms with van der Waals surface area (Å²) in [6, 6.07) is 3.72. The van der Waals surface area contributed by atoms with E-state index in [1.807, 2.05) is 12.1 Å². The molecule has 0 aromatic carbocycles. The number of thiol groups is 1. The summed E-state index contributed by atoms with van der Waals surface area (Å²) in [6.07, 6.45) is 1.69. The standard InChI is InChI=1S/C10H16N2OS/c1-10(2,13)9(14)7-4-3-5-12-8(7)6-11/h3-5,9,13-14H,6,11H2,1-2H3. The summed E-state index contributed by atoms with van der Waals surface area (Å²) in [5.74, 6) is 0. The number of aromatic nitrogens is 1. The van der Waals surface area contributed by atoms with Crippen LogP contribution in [-0.2, 0) is 6.54 Å². The first kappa shape index (κ1) is 11.5. The lowest BCUT2D eigenvalue weighted by Crippen LogP contribution is -2.26. The maximum atomic E-state index is 9.81. The van der Waals surface area contributed by atoms with Crippen LogP contribution in [0.2, 0.25) is 0 Å². The summed E-state index contributed by atoms with van der Waals surface area (Å²) in [5, 5.41) is 9.55. The highest BCUT2D eigenvalue weighted by atomic mass is 32.1. The van der Waals surface area contributed by atoms with Gasteiger partial charge in [0.05, 0.1) is 16.5 Å². The Balaban J connectivity index is 3.06. The predicted octanol–water partition coefficient (Wildman–Crippen LogP) is 1.28. The van der Waals surface area contributed by atoms with Gasteiger partial charge in [-0.3, -0.25) is 4.98 Å². The van der Waals surface area contributed by atoms with E-state index in [1.54, 1.807) is 20.0 Å². The highest BCUT2D eigenvalue weighted by Gasteiger charge is 2.26. The number of aliphatic hydroxyl groups is 1. The van der Waals surface area contributed by atoms with Gasteiger partial charge in [-0.05, 0) is 25.5 Å². The first-order valence-corrected chi connectivity index (χ1v) is 5.02. The lowest BCUT2D eigenvalue weighted by atomic mass is 9.96. The van der Waals surface area contributed by atoms with E-state index < -0.39 is 5.60 Å². The van der Waals surface area contributed by atoms with Gasteiger partial charge >= 0.3 is 0 Å². The Bertz CT molecular complexity index is 309. The molecule has 1 aromatic heterocycles. The predicted molar refractivity (Wildman–Crippen MR) is 60.2 cm³/mol. The molecule has 3 N–H and O–H groups in total. The Hall–Kier alpha value is -0.580. The van der Waals surface area contributed by atoms with Crippen LogP contribution in [0.1, 0.15) is 30.4 Å². The van der Waals surface area contributed by atoms with Gasteiger partial charge in [0.1, 0.15) is 0 Å². The molecule has 0 bridgehead atoms. The van der Waals surface area contributed by atoms with Crippen LogP contribution < -0.4 is 5.73 Å². The molecule has 4 heteroatoms. The van der Waals surface area contributed by atoms with Crippen molar-refractivity contribution >= 4 is 12.6 Å². The highest BCUT2D eigenvalue weighted by molar-refractivity contribution is 7.80. The van der Waals surface area contributed by atoms with Crippen molar-refractivity contribution in [2.45, 2.75) is 31.2 Å². The van der Waals surface area contributed by atoms with E-state index in [0.717, 1.165) is 11.3 Å². The fourth-order valence-corrected chi connectivity index (χ4v) is 1.49. The van der Waals surface area contributed by atoms with Crippen LogP contribution in [0.5, 0.6) is 0 Å². The van der Waals surface area contributed by atoms with Gasteiger partial charge in [-0.2, -0.15) is 12.6 Å². The van der Waals surface area contributed by atoms with Gasteiger partial charge in [0.25, 0.3) is 0 Å². The van der Waals surface area contributed by atoms with Crippen molar-refractivity contribution < 1.29 is 5.11 Å². The van der Waals surface area contributed by atoms with Crippen LogP contribution in [-0.4, -0.2) is 15.7 Å². The van der Waals surface area contributed by atoms with Crippen LogP contribution in [0.4, 0.5) is 0 Å². The molecule has 0 spiro atoms. The Morgan fingerprint density at radius 3 is 2.79 bits per heavy atom. The number of hydrogen-bond donors (Lipinski definition) is 3. The van der Waals surface area contributed by atoms with Gasteiger partial charge in [-0.1, -0.05) is 6.07 Å². The third kappa shape index (κ3) is 2.47. The molecule has 0 fully saturated rings. The minimum atomic E-state index is -0.879. The molecule has 78 valence electrons. The maximum Gasteiger partial charge on any atom is 0.0748 e. The van der Waals surface area contributed by atoms with Crippen LogP contribution in [0.3, 0.4) is 0 Å². The molecule has 0 amide bonds. The zero-order valence-electron chi connectivity index (χ0n) is 8.44. The Morgan fingerprint density at radius 1 is 1.64 bits per heavy atom. The van der Waals surface area contributed by atoms with Crippen molar-refractivity contribution in [3.05, 3.63) is 29.6 Å². The molecule has 0 saturated carbocycles. The zero-order valence-corrected chi connectivity index (χ0v) is 9.33. The molecule has 0 aliphatic rings. The fraction of sp³-hybridized carbons (Fsp3) is 0.500. The normalized spacial score (nSPS) is 14.1.